The van der Waals surface area contributed by atoms with Gasteiger partial charge in [-0.15, -0.1) is 15.3 Å². The van der Waals surface area contributed by atoms with E-state index in [1.54, 1.807) is 22.7 Å². The summed E-state index contributed by atoms with van der Waals surface area (Å²) in [7, 11) is 0. The molecule has 1 saturated heterocycles. The van der Waals surface area contributed by atoms with E-state index in [1.807, 2.05) is 30.3 Å². The molecule has 28 heavy (non-hydrogen) atoms. The lowest BCUT2D eigenvalue weighted by Crippen LogP contribution is -2.27. The standard InChI is InChI=1S/C21H19FN6/c22-18-9-5-4-8-17(18)21-25-24-19-10-11-20(26-28(19)21)27-13-12-16(14-27)23-15-6-2-1-3-7-15/h1-11,16,23H,12-14H2. The maximum atomic E-state index is 14.2. The van der Waals surface area contributed by atoms with Crippen LogP contribution in [0, 0.1) is 5.82 Å². The molecular weight excluding hydrogens is 355 g/mol. The van der Waals surface area contributed by atoms with Gasteiger partial charge in [-0.05, 0) is 42.8 Å². The molecule has 0 radical (unpaired) electrons. The summed E-state index contributed by atoms with van der Waals surface area (Å²) >= 11 is 0. The van der Waals surface area contributed by atoms with E-state index in [0.717, 1.165) is 31.0 Å². The molecule has 1 unspecified atom stereocenters. The summed E-state index contributed by atoms with van der Waals surface area (Å²) in [5.41, 5.74) is 2.11. The molecule has 140 valence electrons. The van der Waals surface area contributed by atoms with Crippen LogP contribution < -0.4 is 10.2 Å². The van der Waals surface area contributed by atoms with Gasteiger partial charge in [0, 0.05) is 24.8 Å². The van der Waals surface area contributed by atoms with Gasteiger partial charge in [-0.2, -0.15) is 4.52 Å². The normalized spacial score (nSPS) is 16.6. The highest BCUT2D eigenvalue weighted by molar-refractivity contribution is 5.60. The molecule has 1 aliphatic rings. The topological polar surface area (TPSA) is 58.4 Å². The number of para-hydroxylation sites is 1. The van der Waals surface area contributed by atoms with Crippen molar-refractivity contribution < 1.29 is 4.39 Å². The van der Waals surface area contributed by atoms with Gasteiger partial charge in [0.2, 0.25) is 0 Å². The highest BCUT2D eigenvalue weighted by Crippen LogP contribution is 2.24. The van der Waals surface area contributed by atoms with Crippen LogP contribution >= 0.6 is 0 Å². The average Bonchev–Trinajstić information content (AvgIpc) is 3.36. The van der Waals surface area contributed by atoms with Crippen molar-refractivity contribution in [2.24, 2.45) is 0 Å². The van der Waals surface area contributed by atoms with Crippen molar-refractivity contribution in [3.63, 3.8) is 0 Å². The number of fused-ring (bicyclic) bond motifs is 1. The Kier molecular flexibility index (Phi) is 4.12. The first-order chi connectivity index (χ1) is 13.8. The number of aromatic nitrogens is 4. The van der Waals surface area contributed by atoms with Gasteiger partial charge in [0.15, 0.2) is 11.5 Å². The number of anilines is 2. The fourth-order valence-electron chi connectivity index (χ4n) is 3.61. The second-order valence-electron chi connectivity index (χ2n) is 6.91. The van der Waals surface area contributed by atoms with Gasteiger partial charge in [0.25, 0.3) is 0 Å². The Balaban J connectivity index is 1.41. The summed E-state index contributed by atoms with van der Waals surface area (Å²) in [5, 5.41) is 16.5. The lowest BCUT2D eigenvalue weighted by molar-refractivity contribution is 0.629. The van der Waals surface area contributed by atoms with Crippen LogP contribution in [0.5, 0.6) is 0 Å². The zero-order valence-electron chi connectivity index (χ0n) is 15.2. The van der Waals surface area contributed by atoms with E-state index in [0.29, 0.717) is 23.1 Å². The van der Waals surface area contributed by atoms with E-state index in [1.165, 1.54) is 6.07 Å². The molecule has 0 amide bonds. The lowest BCUT2D eigenvalue weighted by Gasteiger charge is -2.18. The number of nitrogens with zero attached hydrogens (tertiary/aromatic N) is 5. The van der Waals surface area contributed by atoms with Crippen molar-refractivity contribution in [2.75, 3.05) is 23.3 Å². The van der Waals surface area contributed by atoms with Crippen LogP contribution in [0.4, 0.5) is 15.9 Å². The van der Waals surface area contributed by atoms with E-state index in [2.05, 4.69) is 32.5 Å². The third-order valence-electron chi connectivity index (χ3n) is 5.02. The monoisotopic (exact) mass is 374 g/mol. The molecule has 1 atom stereocenters. The Hall–Kier alpha value is -3.48. The van der Waals surface area contributed by atoms with Crippen molar-refractivity contribution in [3.8, 4) is 11.4 Å². The molecule has 4 aromatic rings. The maximum Gasteiger partial charge on any atom is 0.188 e. The molecule has 1 aliphatic heterocycles. The molecule has 1 fully saturated rings. The predicted molar refractivity (Wildman–Crippen MR) is 107 cm³/mol. The minimum absolute atomic E-state index is 0.336. The van der Waals surface area contributed by atoms with Gasteiger partial charge in [0.05, 0.1) is 5.56 Å². The molecule has 0 saturated carbocycles. The molecule has 7 heteroatoms. The van der Waals surface area contributed by atoms with Crippen molar-refractivity contribution in [3.05, 3.63) is 72.5 Å². The van der Waals surface area contributed by atoms with Crippen LogP contribution in [0.3, 0.4) is 0 Å². The van der Waals surface area contributed by atoms with Crippen LogP contribution in [0.2, 0.25) is 0 Å². The second kappa shape index (κ2) is 6.92. The van der Waals surface area contributed by atoms with Gasteiger partial charge in [-0.1, -0.05) is 30.3 Å². The van der Waals surface area contributed by atoms with Crippen molar-refractivity contribution in [2.45, 2.75) is 12.5 Å². The third-order valence-corrected chi connectivity index (χ3v) is 5.02. The highest BCUT2D eigenvalue weighted by Gasteiger charge is 2.24. The Morgan fingerprint density at radius 3 is 2.61 bits per heavy atom. The van der Waals surface area contributed by atoms with Crippen LogP contribution in [0.25, 0.3) is 17.0 Å². The number of nitrogens with one attached hydrogen (secondary N) is 1. The zero-order valence-corrected chi connectivity index (χ0v) is 15.2. The second-order valence-corrected chi connectivity index (χ2v) is 6.91. The summed E-state index contributed by atoms with van der Waals surface area (Å²) in [5.74, 6) is 0.910. The SMILES string of the molecule is Fc1ccccc1-c1nnc2ccc(N3CCC(Nc4ccccc4)C3)nn12. The fourth-order valence-corrected chi connectivity index (χ4v) is 3.61. The van der Waals surface area contributed by atoms with Gasteiger partial charge in [-0.25, -0.2) is 4.39 Å². The molecule has 2 aromatic heterocycles. The highest BCUT2D eigenvalue weighted by atomic mass is 19.1. The molecule has 1 N–H and O–H groups in total. The molecule has 2 aromatic carbocycles. The van der Waals surface area contributed by atoms with E-state index < -0.39 is 0 Å². The molecule has 3 heterocycles. The Morgan fingerprint density at radius 2 is 1.75 bits per heavy atom. The Morgan fingerprint density at radius 1 is 0.929 bits per heavy atom. The molecule has 5 rings (SSSR count). The Bertz CT molecular complexity index is 1110. The van der Waals surface area contributed by atoms with Crippen LogP contribution in [-0.2, 0) is 0 Å². The third kappa shape index (κ3) is 3.05. The van der Waals surface area contributed by atoms with Crippen molar-refractivity contribution in [1.82, 2.24) is 19.8 Å². The predicted octanol–water partition coefficient (Wildman–Crippen LogP) is 3.62. The van der Waals surface area contributed by atoms with Gasteiger partial charge < -0.3 is 10.2 Å². The lowest BCUT2D eigenvalue weighted by atomic mass is 10.2. The van der Waals surface area contributed by atoms with Gasteiger partial charge >= 0.3 is 0 Å². The largest absolute Gasteiger partial charge is 0.380 e. The summed E-state index contributed by atoms with van der Waals surface area (Å²) in [6.07, 6.45) is 1.02. The number of hydrogen-bond acceptors (Lipinski definition) is 5. The summed E-state index contributed by atoms with van der Waals surface area (Å²) in [4.78, 5) is 2.23. The van der Waals surface area contributed by atoms with Crippen LogP contribution in [-0.4, -0.2) is 38.9 Å². The summed E-state index contributed by atoms with van der Waals surface area (Å²) in [6, 6.07) is 20.9. The number of hydrogen-bond donors (Lipinski definition) is 1. The van der Waals surface area contributed by atoms with E-state index in [9.17, 15) is 4.39 Å². The van der Waals surface area contributed by atoms with E-state index in [4.69, 9.17) is 5.10 Å². The van der Waals surface area contributed by atoms with E-state index in [-0.39, 0.29) is 5.82 Å². The van der Waals surface area contributed by atoms with E-state index >= 15 is 0 Å². The molecule has 6 nitrogen and oxygen atoms in total. The molecule has 0 aliphatic carbocycles. The minimum Gasteiger partial charge on any atom is -0.380 e. The van der Waals surface area contributed by atoms with Gasteiger partial charge in [-0.3, -0.25) is 0 Å². The zero-order chi connectivity index (χ0) is 18.9. The molecular formula is C21H19FN6. The summed E-state index contributed by atoms with van der Waals surface area (Å²) < 4.78 is 15.8. The smallest absolute Gasteiger partial charge is 0.188 e. The first kappa shape index (κ1) is 16.7. The summed E-state index contributed by atoms with van der Waals surface area (Å²) in [6.45, 7) is 1.75. The molecule has 0 bridgehead atoms. The fraction of sp³-hybridized carbons (Fsp3) is 0.190. The quantitative estimate of drug-likeness (QED) is 0.591. The Labute approximate surface area is 161 Å². The average molecular weight is 374 g/mol. The maximum absolute atomic E-state index is 14.2. The van der Waals surface area contributed by atoms with Crippen molar-refractivity contribution >= 4 is 17.2 Å². The minimum atomic E-state index is -0.336. The number of rotatable bonds is 4. The first-order valence-electron chi connectivity index (χ1n) is 9.32. The first-order valence-corrected chi connectivity index (χ1v) is 9.32. The van der Waals surface area contributed by atoms with Gasteiger partial charge in [0.1, 0.15) is 11.6 Å². The van der Waals surface area contributed by atoms with Crippen molar-refractivity contribution in [1.29, 1.82) is 0 Å². The number of benzene rings is 2. The number of halogens is 1. The van der Waals surface area contributed by atoms with Crippen LogP contribution in [0.1, 0.15) is 6.42 Å². The van der Waals surface area contributed by atoms with Crippen LogP contribution in [0.15, 0.2) is 66.7 Å². The molecule has 0 spiro atoms.